The maximum atomic E-state index is 12.0. The van der Waals surface area contributed by atoms with Gasteiger partial charge in [-0.3, -0.25) is 15.0 Å². The van der Waals surface area contributed by atoms with Crippen molar-refractivity contribution >= 4 is 22.4 Å². The second kappa shape index (κ2) is 7.17. The second-order valence-electron chi connectivity index (χ2n) is 4.45. The van der Waals surface area contributed by atoms with Crippen molar-refractivity contribution in [2.24, 2.45) is 0 Å². The molecule has 0 bridgehead atoms. The number of carbonyl (C=O) groups is 1. The zero-order chi connectivity index (χ0) is 14.4. The molecule has 0 saturated heterocycles. The Balaban J connectivity index is 1.98. The van der Waals surface area contributed by atoms with Crippen molar-refractivity contribution in [3.63, 3.8) is 0 Å². The molecule has 4 nitrogen and oxygen atoms in total. The number of carbonyl (C=O) groups excluding carboxylic acids is 1. The quantitative estimate of drug-likeness (QED) is 0.888. The Morgan fingerprint density at radius 1 is 1.25 bits per heavy atom. The minimum atomic E-state index is -0.116. The second-order valence-corrected chi connectivity index (χ2v) is 5.34. The van der Waals surface area contributed by atoms with Gasteiger partial charge in [0.2, 0.25) is 0 Å². The van der Waals surface area contributed by atoms with Crippen LogP contribution in [0, 0.1) is 0 Å². The molecule has 0 spiro atoms. The van der Waals surface area contributed by atoms with Crippen molar-refractivity contribution in [1.82, 2.24) is 9.88 Å². The topological polar surface area (TPSA) is 45.2 Å². The maximum absolute atomic E-state index is 12.0. The molecule has 1 aromatic carbocycles. The lowest BCUT2D eigenvalue weighted by Gasteiger charge is -2.17. The molecule has 0 aliphatic carbocycles. The van der Waals surface area contributed by atoms with Crippen LogP contribution < -0.4 is 5.32 Å². The summed E-state index contributed by atoms with van der Waals surface area (Å²) in [6, 6.07) is 7.74. The van der Waals surface area contributed by atoms with Crippen LogP contribution in [0.15, 0.2) is 35.8 Å². The molecule has 1 heterocycles. The smallest absolute Gasteiger partial charge is 0.257 e. The van der Waals surface area contributed by atoms with E-state index in [1.165, 1.54) is 16.9 Å². The predicted molar refractivity (Wildman–Crippen MR) is 83.1 cm³/mol. The number of rotatable bonds is 6. The highest BCUT2D eigenvalue weighted by molar-refractivity contribution is 7.13. The van der Waals surface area contributed by atoms with Crippen molar-refractivity contribution < 1.29 is 4.79 Å². The van der Waals surface area contributed by atoms with Crippen molar-refractivity contribution in [2.45, 2.75) is 20.4 Å². The van der Waals surface area contributed by atoms with E-state index in [2.05, 4.69) is 29.0 Å². The molecule has 0 aliphatic rings. The average Bonchev–Trinajstić information content (AvgIpc) is 2.98. The molecule has 20 heavy (non-hydrogen) atoms. The molecule has 5 heteroatoms. The van der Waals surface area contributed by atoms with Gasteiger partial charge in [-0.1, -0.05) is 26.0 Å². The first-order valence-electron chi connectivity index (χ1n) is 6.75. The lowest BCUT2D eigenvalue weighted by atomic mass is 10.1. The molecule has 1 aromatic heterocycles. The van der Waals surface area contributed by atoms with Crippen LogP contribution >= 0.6 is 11.3 Å². The molecule has 0 radical (unpaired) electrons. The molecule has 0 fully saturated rings. The van der Waals surface area contributed by atoms with Crippen LogP contribution in [-0.4, -0.2) is 28.9 Å². The van der Waals surface area contributed by atoms with E-state index in [0.717, 1.165) is 19.6 Å². The fourth-order valence-electron chi connectivity index (χ4n) is 1.92. The number of anilines is 1. The van der Waals surface area contributed by atoms with Crippen LogP contribution in [0.1, 0.15) is 29.8 Å². The number of thiazole rings is 1. The third-order valence-corrected chi connectivity index (χ3v) is 3.86. The first-order valence-corrected chi connectivity index (χ1v) is 7.63. The molecular weight excluding hydrogens is 270 g/mol. The molecule has 0 saturated carbocycles. The van der Waals surface area contributed by atoms with Gasteiger partial charge in [0.25, 0.3) is 5.91 Å². The van der Waals surface area contributed by atoms with Crippen LogP contribution in [-0.2, 0) is 6.54 Å². The van der Waals surface area contributed by atoms with Crippen molar-refractivity contribution in [2.75, 3.05) is 18.4 Å². The minimum absolute atomic E-state index is 0.116. The summed E-state index contributed by atoms with van der Waals surface area (Å²) in [5.74, 6) is -0.116. The van der Waals surface area contributed by atoms with E-state index in [4.69, 9.17) is 0 Å². The number of aromatic nitrogens is 1. The van der Waals surface area contributed by atoms with Gasteiger partial charge in [0.1, 0.15) is 0 Å². The Kier molecular flexibility index (Phi) is 5.26. The van der Waals surface area contributed by atoms with Crippen molar-refractivity contribution in [1.29, 1.82) is 0 Å². The van der Waals surface area contributed by atoms with Crippen molar-refractivity contribution in [3.8, 4) is 0 Å². The van der Waals surface area contributed by atoms with Gasteiger partial charge >= 0.3 is 0 Å². The molecular formula is C15H19N3OS. The number of benzene rings is 1. The zero-order valence-corrected chi connectivity index (χ0v) is 12.6. The van der Waals surface area contributed by atoms with Gasteiger partial charge < -0.3 is 0 Å². The SMILES string of the molecule is CCN(CC)Cc1ccc(C(=O)Nc2nccs2)cc1. The maximum Gasteiger partial charge on any atom is 0.257 e. The molecule has 1 amide bonds. The summed E-state index contributed by atoms with van der Waals surface area (Å²) in [7, 11) is 0. The number of hydrogen-bond acceptors (Lipinski definition) is 4. The largest absolute Gasteiger partial charge is 0.300 e. The highest BCUT2D eigenvalue weighted by Gasteiger charge is 2.08. The lowest BCUT2D eigenvalue weighted by Crippen LogP contribution is -2.22. The number of nitrogens with one attached hydrogen (secondary N) is 1. The number of nitrogens with zero attached hydrogens (tertiary/aromatic N) is 2. The summed E-state index contributed by atoms with van der Waals surface area (Å²) in [5.41, 5.74) is 1.88. The normalized spacial score (nSPS) is 10.8. The van der Waals surface area contributed by atoms with E-state index >= 15 is 0 Å². The van der Waals surface area contributed by atoms with Crippen LogP contribution in [0.4, 0.5) is 5.13 Å². The fraction of sp³-hybridized carbons (Fsp3) is 0.333. The monoisotopic (exact) mass is 289 g/mol. The first-order chi connectivity index (χ1) is 9.72. The summed E-state index contributed by atoms with van der Waals surface area (Å²) >= 11 is 1.41. The first kappa shape index (κ1) is 14.7. The van der Waals surface area contributed by atoms with Gasteiger partial charge in [-0.15, -0.1) is 11.3 Å². The van der Waals surface area contributed by atoms with E-state index in [1.807, 2.05) is 29.6 Å². The predicted octanol–water partition coefficient (Wildman–Crippen LogP) is 3.24. The number of hydrogen-bond donors (Lipinski definition) is 1. The molecule has 1 N–H and O–H groups in total. The van der Waals surface area contributed by atoms with Crippen LogP contribution in [0.2, 0.25) is 0 Å². The summed E-state index contributed by atoms with van der Waals surface area (Å²) in [6.45, 7) is 7.28. The third-order valence-electron chi connectivity index (χ3n) is 3.17. The van der Waals surface area contributed by atoms with Gasteiger partial charge in [0.15, 0.2) is 5.13 Å². The summed E-state index contributed by atoms with van der Waals surface area (Å²) in [6.07, 6.45) is 1.67. The van der Waals surface area contributed by atoms with Gasteiger partial charge in [0.05, 0.1) is 0 Å². The van der Waals surface area contributed by atoms with E-state index in [1.54, 1.807) is 6.20 Å². The summed E-state index contributed by atoms with van der Waals surface area (Å²) in [5, 5.41) is 5.24. The van der Waals surface area contributed by atoms with Crippen LogP contribution in [0.3, 0.4) is 0 Å². The number of amides is 1. The fourth-order valence-corrected chi connectivity index (χ4v) is 2.45. The standard InChI is InChI=1S/C15H19N3OS/c1-3-18(4-2)11-12-5-7-13(8-6-12)14(19)17-15-16-9-10-20-15/h5-10H,3-4,11H2,1-2H3,(H,16,17,19). The highest BCUT2D eigenvalue weighted by Crippen LogP contribution is 2.13. The Bertz CT molecular complexity index is 533. The Labute approximate surface area is 123 Å². The molecule has 2 rings (SSSR count). The Hall–Kier alpha value is -1.72. The molecule has 106 valence electrons. The van der Waals surface area contributed by atoms with Gasteiger partial charge in [-0.25, -0.2) is 4.98 Å². The van der Waals surface area contributed by atoms with E-state index in [-0.39, 0.29) is 5.91 Å². The van der Waals surface area contributed by atoms with Crippen LogP contribution in [0.25, 0.3) is 0 Å². The summed E-state index contributed by atoms with van der Waals surface area (Å²) < 4.78 is 0. The zero-order valence-electron chi connectivity index (χ0n) is 11.8. The van der Waals surface area contributed by atoms with Gasteiger partial charge in [-0.05, 0) is 30.8 Å². The summed E-state index contributed by atoms with van der Waals surface area (Å²) in [4.78, 5) is 18.4. The highest BCUT2D eigenvalue weighted by atomic mass is 32.1. The lowest BCUT2D eigenvalue weighted by molar-refractivity contribution is 0.102. The van der Waals surface area contributed by atoms with Gasteiger partial charge in [0, 0.05) is 23.7 Å². The van der Waals surface area contributed by atoms with E-state index in [0.29, 0.717) is 10.7 Å². The average molecular weight is 289 g/mol. The molecule has 0 aliphatic heterocycles. The van der Waals surface area contributed by atoms with Gasteiger partial charge in [-0.2, -0.15) is 0 Å². The third kappa shape index (κ3) is 3.88. The molecule has 0 atom stereocenters. The van der Waals surface area contributed by atoms with E-state index < -0.39 is 0 Å². The minimum Gasteiger partial charge on any atom is -0.300 e. The van der Waals surface area contributed by atoms with Crippen LogP contribution in [0.5, 0.6) is 0 Å². The Morgan fingerprint density at radius 3 is 2.50 bits per heavy atom. The Morgan fingerprint density at radius 2 is 1.95 bits per heavy atom. The van der Waals surface area contributed by atoms with Crippen molar-refractivity contribution in [3.05, 3.63) is 47.0 Å². The molecule has 0 unspecified atom stereocenters. The van der Waals surface area contributed by atoms with E-state index in [9.17, 15) is 4.79 Å². The molecule has 2 aromatic rings.